The van der Waals surface area contributed by atoms with Crippen LogP contribution in [0.5, 0.6) is 5.75 Å². The summed E-state index contributed by atoms with van der Waals surface area (Å²) in [4.78, 5) is 12.0. The molecule has 0 bridgehead atoms. The Morgan fingerprint density at radius 3 is 2.74 bits per heavy atom. The molecule has 23 heavy (non-hydrogen) atoms. The minimum absolute atomic E-state index is 0.334. The molecule has 8 heteroatoms. The van der Waals surface area contributed by atoms with Crippen LogP contribution in [0.25, 0.3) is 0 Å². The van der Waals surface area contributed by atoms with Crippen LogP contribution >= 0.6 is 39.7 Å². The summed E-state index contributed by atoms with van der Waals surface area (Å²) >= 11 is 14.5. The fourth-order valence-electron chi connectivity index (χ4n) is 2.33. The third kappa shape index (κ3) is 5.82. The van der Waals surface area contributed by atoms with Crippen LogP contribution in [0.3, 0.4) is 0 Å². The number of rotatable bonds is 4. The zero-order valence-electron chi connectivity index (χ0n) is 12.7. The Kier molecular flexibility index (Phi) is 6.92. The summed E-state index contributed by atoms with van der Waals surface area (Å²) in [6, 6.07) is 5.60. The lowest BCUT2D eigenvalue weighted by Crippen LogP contribution is -2.52. The van der Waals surface area contributed by atoms with Crippen LogP contribution in [0.4, 0.5) is 0 Å². The van der Waals surface area contributed by atoms with E-state index in [1.165, 1.54) is 12.8 Å². The van der Waals surface area contributed by atoms with Gasteiger partial charge in [-0.2, -0.15) is 0 Å². The van der Waals surface area contributed by atoms with Gasteiger partial charge in [0.1, 0.15) is 5.75 Å². The molecule has 5 nitrogen and oxygen atoms in total. The molecular weight excluding hydrogens is 402 g/mol. The average molecular weight is 421 g/mol. The lowest BCUT2D eigenvalue weighted by atomic mass is 10.3. The van der Waals surface area contributed by atoms with Crippen molar-refractivity contribution >= 4 is 50.8 Å². The van der Waals surface area contributed by atoms with Crippen molar-refractivity contribution in [1.82, 2.24) is 16.2 Å². The Balaban J connectivity index is 1.76. The van der Waals surface area contributed by atoms with Crippen LogP contribution in [0.2, 0.25) is 5.02 Å². The summed E-state index contributed by atoms with van der Waals surface area (Å²) in [5, 5.41) is 4.03. The summed E-state index contributed by atoms with van der Waals surface area (Å²) < 4.78 is 6.40. The molecular formula is C15H19BrClN3O2S. The number of ether oxygens (including phenoxy) is 1. The molecule has 0 saturated heterocycles. The number of hydrogen-bond acceptors (Lipinski definition) is 3. The van der Waals surface area contributed by atoms with Gasteiger partial charge >= 0.3 is 0 Å². The van der Waals surface area contributed by atoms with E-state index in [4.69, 9.17) is 28.6 Å². The third-order valence-electron chi connectivity index (χ3n) is 3.56. The van der Waals surface area contributed by atoms with Crippen molar-refractivity contribution in [2.75, 3.05) is 0 Å². The van der Waals surface area contributed by atoms with Crippen molar-refractivity contribution in [2.24, 2.45) is 0 Å². The first-order valence-corrected chi connectivity index (χ1v) is 9.01. The van der Waals surface area contributed by atoms with Gasteiger partial charge in [0.25, 0.3) is 5.91 Å². The molecule has 1 aromatic carbocycles. The van der Waals surface area contributed by atoms with E-state index >= 15 is 0 Å². The van der Waals surface area contributed by atoms with Gasteiger partial charge in [-0.25, -0.2) is 0 Å². The smallest absolute Gasteiger partial charge is 0.279 e. The molecule has 1 aromatic rings. The normalized spacial score (nSPS) is 15.8. The second kappa shape index (κ2) is 8.70. The molecule has 1 saturated carbocycles. The molecule has 1 aliphatic rings. The number of hydrogen-bond donors (Lipinski definition) is 3. The van der Waals surface area contributed by atoms with Gasteiger partial charge in [-0.05, 0) is 50.2 Å². The first-order valence-electron chi connectivity index (χ1n) is 7.44. The van der Waals surface area contributed by atoms with Gasteiger partial charge in [-0.3, -0.25) is 15.6 Å². The van der Waals surface area contributed by atoms with Crippen molar-refractivity contribution in [3.63, 3.8) is 0 Å². The minimum Gasteiger partial charge on any atom is -0.479 e. The van der Waals surface area contributed by atoms with Crippen LogP contribution < -0.4 is 20.9 Å². The largest absolute Gasteiger partial charge is 0.479 e. The molecule has 3 N–H and O–H groups in total. The van der Waals surface area contributed by atoms with Gasteiger partial charge in [0.2, 0.25) is 0 Å². The maximum atomic E-state index is 12.0. The van der Waals surface area contributed by atoms with Crippen molar-refractivity contribution in [1.29, 1.82) is 0 Å². The molecule has 1 atom stereocenters. The van der Waals surface area contributed by atoms with E-state index in [0.717, 1.165) is 17.3 Å². The summed E-state index contributed by atoms with van der Waals surface area (Å²) in [5.41, 5.74) is 5.24. The zero-order valence-corrected chi connectivity index (χ0v) is 15.9. The van der Waals surface area contributed by atoms with Crippen LogP contribution in [0.1, 0.15) is 32.6 Å². The highest BCUT2D eigenvalue weighted by Gasteiger charge is 2.18. The molecule has 0 radical (unpaired) electrons. The topological polar surface area (TPSA) is 62.4 Å². The van der Waals surface area contributed by atoms with Crippen molar-refractivity contribution in [3.05, 3.63) is 27.7 Å². The number of amides is 1. The first kappa shape index (κ1) is 18.3. The molecule has 1 amide bonds. The average Bonchev–Trinajstić information content (AvgIpc) is 3.00. The van der Waals surface area contributed by atoms with Gasteiger partial charge in [-0.15, -0.1) is 0 Å². The van der Waals surface area contributed by atoms with Crippen LogP contribution in [-0.2, 0) is 4.79 Å². The van der Waals surface area contributed by atoms with E-state index in [0.29, 0.717) is 21.9 Å². The Hall–Kier alpha value is -1.05. The molecule has 1 aliphatic carbocycles. The van der Waals surface area contributed by atoms with Crippen molar-refractivity contribution in [2.45, 2.75) is 44.8 Å². The Labute approximate surface area is 154 Å². The molecule has 0 aliphatic heterocycles. The second-order valence-corrected chi connectivity index (χ2v) is 7.14. The maximum absolute atomic E-state index is 12.0. The SMILES string of the molecule is C[C@H](Oc1ccc(Br)cc1Cl)C(=O)NNC(=S)NC1CCCC1. The quantitative estimate of drug-likeness (QED) is 0.515. The van der Waals surface area contributed by atoms with E-state index in [2.05, 4.69) is 32.1 Å². The molecule has 1 fully saturated rings. The monoisotopic (exact) mass is 419 g/mol. The van der Waals surface area contributed by atoms with E-state index < -0.39 is 6.10 Å². The van der Waals surface area contributed by atoms with Gasteiger partial charge in [0.15, 0.2) is 11.2 Å². The maximum Gasteiger partial charge on any atom is 0.279 e. The van der Waals surface area contributed by atoms with Gasteiger partial charge in [0, 0.05) is 10.5 Å². The molecule has 0 unspecified atom stereocenters. The van der Waals surface area contributed by atoms with Crippen LogP contribution in [0.15, 0.2) is 22.7 Å². The lowest BCUT2D eigenvalue weighted by molar-refractivity contribution is -0.127. The van der Waals surface area contributed by atoms with Gasteiger partial charge < -0.3 is 10.1 Å². The number of benzene rings is 1. The molecule has 0 aromatic heterocycles. The van der Waals surface area contributed by atoms with E-state index in [1.54, 1.807) is 25.1 Å². The summed E-state index contributed by atoms with van der Waals surface area (Å²) in [7, 11) is 0. The van der Waals surface area contributed by atoms with Crippen LogP contribution in [0, 0.1) is 0 Å². The lowest BCUT2D eigenvalue weighted by Gasteiger charge is -2.19. The highest BCUT2D eigenvalue weighted by molar-refractivity contribution is 9.10. The second-order valence-electron chi connectivity index (χ2n) is 5.40. The first-order chi connectivity index (χ1) is 11.0. The van der Waals surface area contributed by atoms with Crippen molar-refractivity contribution < 1.29 is 9.53 Å². The zero-order chi connectivity index (χ0) is 16.8. The predicted octanol–water partition coefficient (Wildman–Crippen LogP) is 3.31. The number of halogens is 2. The molecule has 0 heterocycles. The number of carbonyl (C=O) groups excluding carboxylic acids is 1. The highest BCUT2D eigenvalue weighted by atomic mass is 79.9. The number of thiocarbonyl (C=S) groups is 1. The number of hydrazine groups is 1. The summed E-state index contributed by atoms with van der Waals surface area (Å²) in [6.45, 7) is 1.64. The Bertz CT molecular complexity index is 582. The van der Waals surface area contributed by atoms with Gasteiger partial charge in [0.05, 0.1) is 5.02 Å². The molecule has 2 rings (SSSR count). The number of carbonyl (C=O) groups is 1. The fourth-order valence-corrected chi connectivity index (χ4v) is 3.26. The summed E-state index contributed by atoms with van der Waals surface area (Å²) in [5.74, 6) is 0.115. The Morgan fingerprint density at radius 2 is 2.09 bits per heavy atom. The minimum atomic E-state index is -0.713. The highest BCUT2D eigenvalue weighted by Crippen LogP contribution is 2.28. The third-order valence-corrected chi connectivity index (χ3v) is 4.57. The van der Waals surface area contributed by atoms with E-state index in [9.17, 15) is 4.79 Å². The van der Waals surface area contributed by atoms with E-state index in [1.807, 2.05) is 0 Å². The molecule has 126 valence electrons. The summed E-state index contributed by atoms with van der Waals surface area (Å²) in [6.07, 6.45) is 3.93. The standard InChI is InChI=1S/C15H19BrClN3O2S/c1-9(22-13-7-6-10(16)8-12(13)17)14(21)19-20-15(23)18-11-4-2-3-5-11/h6-9,11H,2-5H2,1H3,(H,19,21)(H2,18,20,23)/t9-/m0/s1. The van der Waals surface area contributed by atoms with E-state index in [-0.39, 0.29) is 5.91 Å². The van der Waals surface area contributed by atoms with Gasteiger partial charge in [-0.1, -0.05) is 40.4 Å². The Morgan fingerprint density at radius 1 is 1.39 bits per heavy atom. The predicted molar refractivity (Wildman–Crippen MR) is 98.5 cm³/mol. The van der Waals surface area contributed by atoms with Crippen LogP contribution in [-0.4, -0.2) is 23.2 Å². The van der Waals surface area contributed by atoms with Crippen molar-refractivity contribution in [3.8, 4) is 5.75 Å². The fraction of sp³-hybridized carbons (Fsp3) is 0.467. The number of nitrogens with one attached hydrogen (secondary N) is 3. The molecule has 0 spiro atoms.